The maximum Gasteiger partial charge on any atom is 0.184 e. The predicted octanol–water partition coefficient (Wildman–Crippen LogP) is 2.81. The number of pyridine rings is 1. The third-order valence-electron chi connectivity index (χ3n) is 2.68. The Labute approximate surface area is 101 Å². The molecule has 0 fully saturated rings. The lowest BCUT2D eigenvalue weighted by Gasteiger charge is -2.19. The van der Waals surface area contributed by atoms with Crippen LogP contribution in [0.3, 0.4) is 0 Å². The van der Waals surface area contributed by atoms with Crippen LogP contribution in [0.2, 0.25) is 0 Å². The minimum atomic E-state index is -3.33. The topological polar surface area (TPSA) is 47.0 Å². The summed E-state index contributed by atoms with van der Waals surface area (Å²) < 4.78 is 23.7. The first-order valence-electron chi connectivity index (χ1n) is 5.42. The first-order chi connectivity index (χ1) is 7.82. The highest BCUT2D eigenvalue weighted by molar-refractivity contribution is 7.92. The minimum Gasteiger partial charge on any atom is -0.255 e. The van der Waals surface area contributed by atoms with Crippen molar-refractivity contribution in [3.63, 3.8) is 0 Å². The SMILES string of the molecule is CC(C)(C)S(=O)(=O)c1cnc2ccccc2c1. The van der Waals surface area contributed by atoms with Crippen molar-refractivity contribution in [1.29, 1.82) is 0 Å². The van der Waals surface area contributed by atoms with E-state index >= 15 is 0 Å². The Morgan fingerprint density at radius 1 is 1.12 bits per heavy atom. The van der Waals surface area contributed by atoms with E-state index in [0.717, 1.165) is 10.9 Å². The van der Waals surface area contributed by atoms with Gasteiger partial charge in [-0.3, -0.25) is 4.98 Å². The van der Waals surface area contributed by atoms with Gasteiger partial charge >= 0.3 is 0 Å². The number of sulfone groups is 1. The van der Waals surface area contributed by atoms with Crippen molar-refractivity contribution < 1.29 is 8.42 Å². The van der Waals surface area contributed by atoms with Gasteiger partial charge in [0.05, 0.1) is 15.2 Å². The second kappa shape index (κ2) is 3.81. The van der Waals surface area contributed by atoms with Crippen LogP contribution in [-0.2, 0) is 9.84 Å². The molecule has 2 rings (SSSR count). The number of fused-ring (bicyclic) bond motifs is 1. The molecule has 0 atom stereocenters. The predicted molar refractivity (Wildman–Crippen MR) is 68.7 cm³/mol. The summed E-state index contributed by atoms with van der Waals surface area (Å²) in [7, 11) is -3.33. The fourth-order valence-corrected chi connectivity index (χ4v) is 2.73. The van der Waals surface area contributed by atoms with Crippen molar-refractivity contribution in [3.05, 3.63) is 36.5 Å². The van der Waals surface area contributed by atoms with Crippen molar-refractivity contribution >= 4 is 20.7 Å². The fourth-order valence-electron chi connectivity index (χ4n) is 1.55. The van der Waals surface area contributed by atoms with E-state index in [-0.39, 0.29) is 4.90 Å². The van der Waals surface area contributed by atoms with Crippen molar-refractivity contribution in [2.45, 2.75) is 30.4 Å². The number of hydrogen-bond donors (Lipinski definition) is 0. The summed E-state index contributed by atoms with van der Waals surface area (Å²) in [4.78, 5) is 4.46. The summed E-state index contributed by atoms with van der Waals surface area (Å²) in [5, 5.41) is 0.845. The molecule has 4 heteroatoms. The van der Waals surface area contributed by atoms with Gasteiger partial charge in [0.15, 0.2) is 9.84 Å². The summed E-state index contributed by atoms with van der Waals surface area (Å²) in [5.74, 6) is 0. The molecule has 0 saturated carbocycles. The molecule has 0 radical (unpaired) electrons. The molecule has 2 aromatic rings. The Morgan fingerprint density at radius 3 is 2.41 bits per heavy atom. The fraction of sp³-hybridized carbons (Fsp3) is 0.308. The van der Waals surface area contributed by atoms with Crippen molar-refractivity contribution in [3.8, 4) is 0 Å². The highest BCUT2D eigenvalue weighted by Gasteiger charge is 2.31. The number of para-hydroxylation sites is 1. The molecule has 1 aromatic heterocycles. The number of nitrogens with zero attached hydrogens (tertiary/aromatic N) is 1. The molecule has 0 unspecified atom stereocenters. The van der Waals surface area contributed by atoms with E-state index in [2.05, 4.69) is 4.98 Å². The lowest BCUT2D eigenvalue weighted by atomic mass is 10.2. The maximum absolute atomic E-state index is 12.3. The Hall–Kier alpha value is -1.42. The average molecular weight is 249 g/mol. The quantitative estimate of drug-likeness (QED) is 0.780. The van der Waals surface area contributed by atoms with Gasteiger partial charge in [0.25, 0.3) is 0 Å². The number of hydrogen-bond acceptors (Lipinski definition) is 3. The van der Waals surface area contributed by atoms with E-state index in [4.69, 9.17) is 0 Å². The van der Waals surface area contributed by atoms with Crippen LogP contribution < -0.4 is 0 Å². The normalized spacial score (nSPS) is 12.9. The van der Waals surface area contributed by atoms with Gasteiger partial charge in [0, 0.05) is 11.6 Å². The first kappa shape index (κ1) is 12.0. The molecule has 1 heterocycles. The lowest BCUT2D eigenvalue weighted by Crippen LogP contribution is -2.28. The van der Waals surface area contributed by atoms with E-state index in [0.29, 0.717) is 0 Å². The molecule has 90 valence electrons. The largest absolute Gasteiger partial charge is 0.255 e. The standard InChI is InChI=1S/C13H15NO2S/c1-13(2,3)17(15,16)11-8-10-6-4-5-7-12(10)14-9-11/h4-9H,1-3H3. The number of aromatic nitrogens is 1. The van der Waals surface area contributed by atoms with E-state index in [1.807, 2.05) is 24.3 Å². The molecule has 0 spiro atoms. The van der Waals surface area contributed by atoms with Gasteiger partial charge in [-0.1, -0.05) is 18.2 Å². The van der Waals surface area contributed by atoms with Gasteiger partial charge in [-0.25, -0.2) is 8.42 Å². The van der Waals surface area contributed by atoms with Gasteiger partial charge < -0.3 is 0 Å². The summed E-state index contributed by atoms with van der Waals surface area (Å²) in [6.07, 6.45) is 1.43. The molecule has 17 heavy (non-hydrogen) atoms. The molecule has 0 aliphatic carbocycles. The maximum atomic E-state index is 12.3. The van der Waals surface area contributed by atoms with Crippen LogP contribution in [-0.4, -0.2) is 18.1 Å². The van der Waals surface area contributed by atoms with Gasteiger partial charge in [0.2, 0.25) is 0 Å². The molecule has 0 N–H and O–H groups in total. The molecule has 3 nitrogen and oxygen atoms in total. The molecule has 0 aliphatic heterocycles. The average Bonchev–Trinajstić information content (AvgIpc) is 2.27. The van der Waals surface area contributed by atoms with Crippen molar-refractivity contribution in [2.24, 2.45) is 0 Å². The van der Waals surface area contributed by atoms with Crippen LogP contribution in [0.4, 0.5) is 0 Å². The summed E-state index contributed by atoms with van der Waals surface area (Å²) in [5.41, 5.74) is 0.806. The molecule has 0 bridgehead atoms. The highest BCUT2D eigenvalue weighted by atomic mass is 32.2. The molecule has 0 aliphatic rings. The van der Waals surface area contributed by atoms with Crippen molar-refractivity contribution in [2.75, 3.05) is 0 Å². The Morgan fingerprint density at radius 2 is 1.76 bits per heavy atom. The van der Waals surface area contributed by atoms with Crippen LogP contribution >= 0.6 is 0 Å². The molecule has 0 amide bonds. The summed E-state index contributed by atoms with van der Waals surface area (Å²) in [6, 6.07) is 9.17. The number of benzene rings is 1. The third kappa shape index (κ3) is 2.05. The summed E-state index contributed by atoms with van der Waals surface area (Å²) in [6.45, 7) is 5.08. The van der Waals surface area contributed by atoms with E-state index in [1.54, 1.807) is 26.8 Å². The van der Waals surface area contributed by atoms with Crippen LogP contribution in [0.5, 0.6) is 0 Å². The van der Waals surface area contributed by atoms with Crippen molar-refractivity contribution in [1.82, 2.24) is 4.98 Å². The summed E-state index contributed by atoms with van der Waals surface area (Å²) >= 11 is 0. The smallest absolute Gasteiger partial charge is 0.184 e. The molecule has 1 aromatic carbocycles. The first-order valence-corrected chi connectivity index (χ1v) is 6.90. The van der Waals surface area contributed by atoms with Crippen LogP contribution in [0.25, 0.3) is 10.9 Å². The van der Waals surface area contributed by atoms with Gasteiger partial charge in [-0.15, -0.1) is 0 Å². The third-order valence-corrected chi connectivity index (χ3v) is 5.14. The van der Waals surface area contributed by atoms with E-state index in [1.165, 1.54) is 6.20 Å². The minimum absolute atomic E-state index is 0.281. The van der Waals surface area contributed by atoms with Gasteiger partial charge in [-0.05, 0) is 32.9 Å². The van der Waals surface area contributed by atoms with E-state index < -0.39 is 14.6 Å². The van der Waals surface area contributed by atoms with Gasteiger partial charge in [0.1, 0.15) is 0 Å². The van der Waals surface area contributed by atoms with Crippen LogP contribution in [0, 0.1) is 0 Å². The van der Waals surface area contributed by atoms with Gasteiger partial charge in [-0.2, -0.15) is 0 Å². The van der Waals surface area contributed by atoms with Crippen LogP contribution in [0.15, 0.2) is 41.4 Å². The highest BCUT2D eigenvalue weighted by Crippen LogP contribution is 2.26. The molecular weight excluding hydrogens is 234 g/mol. The number of rotatable bonds is 1. The van der Waals surface area contributed by atoms with Crippen LogP contribution in [0.1, 0.15) is 20.8 Å². The monoisotopic (exact) mass is 249 g/mol. The Balaban J connectivity index is 2.66. The second-order valence-corrected chi connectivity index (χ2v) is 7.68. The zero-order valence-corrected chi connectivity index (χ0v) is 11.0. The molecular formula is C13H15NO2S. The molecule has 0 saturated heterocycles. The Bertz CT molecular complexity index is 654. The van der Waals surface area contributed by atoms with E-state index in [9.17, 15) is 8.42 Å². The second-order valence-electron chi connectivity index (χ2n) is 4.98. The zero-order chi connectivity index (χ0) is 12.7. The Kier molecular flexibility index (Phi) is 2.70. The lowest BCUT2D eigenvalue weighted by molar-refractivity contribution is 0.560. The zero-order valence-electron chi connectivity index (χ0n) is 10.1.